The van der Waals surface area contributed by atoms with Crippen molar-refractivity contribution in [1.82, 2.24) is 9.97 Å². The lowest BCUT2D eigenvalue weighted by Gasteiger charge is -2.00. The Labute approximate surface area is 60.1 Å². The topological polar surface area (TPSA) is 35.0 Å². The molecule has 0 bridgehead atoms. The monoisotopic (exact) mass is 138 g/mol. The maximum Gasteiger partial charge on any atom is 0.155 e. The van der Waals surface area contributed by atoms with Crippen LogP contribution in [0, 0.1) is 0 Å². The zero-order valence-electron chi connectivity index (χ0n) is 5.95. The molecule has 1 aromatic heterocycles. The number of hydrogen-bond donors (Lipinski definition) is 0. The van der Waals surface area contributed by atoms with Gasteiger partial charge in [-0.1, -0.05) is 6.92 Å². The number of ether oxygens (including phenoxy) is 1. The molecule has 3 nitrogen and oxygen atoms in total. The second-order valence-corrected chi connectivity index (χ2v) is 1.92. The molecule has 0 unspecified atom stereocenters. The Bertz CT molecular complexity index is 176. The van der Waals surface area contributed by atoms with Gasteiger partial charge in [-0.2, -0.15) is 0 Å². The zero-order chi connectivity index (χ0) is 7.23. The van der Waals surface area contributed by atoms with Crippen LogP contribution in [-0.2, 0) is 0 Å². The molecular weight excluding hydrogens is 128 g/mol. The molecule has 0 spiro atoms. The van der Waals surface area contributed by atoms with Crippen LogP contribution in [0.15, 0.2) is 18.7 Å². The van der Waals surface area contributed by atoms with E-state index in [1.54, 1.807) is 12.4 Å². The molecule has 0 fully saturated rings. The summed E-state index contributed by atoms with van der Waals surface area (Å²) in [6.07, 6.45) is 5.80. The van der Waals surface area contributed by atoms with Crippen LogP contribution >= 0.6 is 0 Å². The summed E-state index contributed by atoms with van der Waals surface area (Å²) >= 11 is 0. The van der Waals surface area contributed by atoms with E-state index in [0.717, 1.165) is 18.8 Å². The second-order valence-electron chi connectivity index (χ2n) is 1.92. The van der Waals surface area contributed by atoms with E-state index >= 15 is 0 Å². The van der Waals surface area contributed by atoms with Gasteiger partial charge in [0.2, 0.25) is 0 Å². The van der Waals surface area contributed by atoms with Gasteiger partial charge in [-0.3, -0.25) is 0 Å². The van der Waals surface area contributed by atoms with Crippen LogP contribution in [0.5, 0.6) is 5.75 Å². The van der Waals surface area contributed by atoms with Crippen molar-refractivity contribution in [3.63, 3.8) is 0 Å². The average Bonchev–Trinajstić information content (AvgIpc) is 2.03. The van der Waals surface area contributed by atoms with Crippen molar-refractivity contribution in [3.8, 4) is 5.75 Å². The van der Waals surface area contributed by atoms with Crippen molar-refractivity contribution in [1.29, 1.82) is 0 Å². The molecule has 0 N–H and O–H groups in total. The first-order valence-corrected chi connectivity index (χ1v) is 3.31. The predicted octanol–water partition coefficient (Wildman–Crippen LogP) is 1.27. The Morgan fingerprint density at radius 3 is 2.70 bits per heavy atom. The summed E-state index contributed by atoms with van der Waals surface area (Å²) < 4.78 is 5.23. The molecule has 3 heteroatoms. The summed E-state index contributed by atoms with van der Waals surface area (Å²) in [5, 5.41) is 0. The van der Waals surface area contributed by atoms with Crippen LogP contribution in [-0.4, -0.2) is 16.6 Å². The predicted molar refractivity (Wildman–Crippen MR) is 37.8 cm³/mol. The highest BCUT2D eigenvalue weighted by Crippen LogP contribution is 2.03. The Morgan fingerprint density at radius 1 is 1.40 bits per heavy atom. The summed E-state index contributed by atoms with van der Waals surface area (Å²) in [4.78, 5) is 7.60. The molecule has 1 rings (SSSR count). The van der Waals surface area contributed by atoms with Gasteiger partial charge < -0.3 is 4.74 Å². The van der Waals surface area contributed by atoms with Crippen LogP contribution in [0.4, 0.5) is 0 Å². The molecule has 0 aromatic carbocycles. The van der Waals surface area contributed by atoms with Crippen LogP contribution in [0.1, 0.15) is 13.3 Å². The first kappa shape index (κ1) is 6.99. The first-order chi connectivity index (χ1) is 4.93. The van der Waals surface area contributed by atoms with Gasteiger partial charge in [-0.05, 0) is 6.42 Å². The molecule has 0 atom stereocenters. The van der Waals surface area contributed by atoms with E-state index in [0.29, 0.717) is 0 Å². The van der Waals surface area contributed by atoms with Crippen LogP contribution < -0.4 is 4.74 Å². The van der Waals surface area contributed by atoms with Crippen molar-refractivity contribution in [3.05, 3.63) is 18.7 Å². The van der Waals surface area contributed by atoms with E-state index in [9.17, 15) is 0 Å². The highest BCUT2D eigenvalue weighted by atomic mass is 16.5. The quantitative estimate of drug-likeness (QED) is 0.630. The summed E-state index contributed by atoms with van der Waals surface area (Å²) in [6, 6.07) is 0. The molecule has 0 aliphatic heterocycles. The molecule has 10 heavy (non-hydrogen) atoms. The van der Waals surface area contributed by atoms with Crippen molar-refractivity contribution < 1.29 is 4.74 Å². The van der Waals surface area contributed by atoms with E-state index in [-0.39, 0.29) is 0 Å². The molecule has 0 aliphatic rings. The number of aromatic nitrogens is 2. The number of nitrogens with zero attached hydrogens (tertiary/aromatic N) is 2. The lowest BCUT2D eigenvalue weighted by molar-refractivity contribution is 0.315. The molecule has 0 aliphatic carbocycles. The molecule has 0 saturated carbocycles. The van der Waals surface area contributed by atoms with Crippen LogP contribution in [0.2, 0.25) is 0 Å². The summed E-state index contributed by atoms with van der Waals surface area (Å²) in [5.41, 5.74) is 0. The fraction of sp³-hybridized carbons (Fsp3) is 0.429. The molecule has 0 radical (unpaired) electrons. The lowest BCUT2D eigenvalue weighted by Crippen LogP contribution is -1.95. The maximum absolute atomic E-state index is 5.23. The normalized spacial score (nSPS) is 9.30. The Hall–Kier alpha value is -1.12. The van der Waals surface area contributed by atoms with E-state index in [1.807, 2.05) is 0 Å². The van der Waals surface area contributed by atoms with Crippen molar-refractivity contribution in [2.45, 2.75) is 13.3 Å². The van der Waals surface area contributed by atoms with Gasteiger partial charge in [0, 0.05) is 0 Å². The number of rotatable bonds is 3. The van der Waals surface area contributed by atoms with Crippen LogP contribution in [0.25, 0.3) is 0 Å². The third-order valence-electron chi connectivity index (χ3n) is 1.01. The molecule has 0 amide bonds. The van der Waals surface area contributed by atoms with Gasteiger partial charge in [0.15, 0.2) is 5.75 Å². The minimum absolute atomic E-state index is 0.730. The van der Waals surface area contributed by atoms with Gasteiger partial charge in [0.1, 0.15) is 6.33 Å². The SMILES string of the molecule is CCCOc1cncnc1. The molecule has 1 aromatic rings. The minimum atomic E-state index is 0.730. The highest BCUT2D eigenvalue weighted by Gasteiger charge is 1.88. The van der Waals surface area contributed by atoms with E-state index in [1.165, 1.54) is 6.33 Å². The minimum Gasteiger partial charge on any atom is -0.490 e. The van der Waals surface area contributed by atoms with Crippen LogP contribution in [0.3, 0.4) is 0 Å². The highest BCUT2D eigenvalue weighted by molar-refractivity contribution is 5.09. The fourth-order valence-electron chi connectivity index (χ4n) is 0.580. The smallest absolute Gasteiger partial charge is 0.155 e. The largest absolute Gasteiger partial charge is 0.490 e. The lowest BCUT2D eigenvalue weighted by atomic mass is 10.5. The third-order valence-corrected chi connectivity index (χ3v) is 1.01. The van der Waals surface area contributed by atoms with Gasteiger partial charge in [-0.25, -0.2) is 9.97 Å². The summed E-state index contributed by atoms with van der Waals surface area (Å²) in [5.74, 6) is 0.740. The number of hydrogen-bond acceptors (Lipinski definition) is 3. The molecular formula is C7H10N2O. The Morgan fingerprint density at radius 2 is 2.10 bits per heavy atom. The molecule has 1 heterocycles. The zero-order valence-corrected chi connectivity index (χ0v) is 5.95. The van der Waals surface area contributed by atoms with Gasteiger partial charge in [0.25, 0.3) is 0 Å². The molecule has 0 saturated heterocycles. The van der Waals surface area contributed by atoms with E-state index < -0.39 is 0 Å². The Kier molecular flexibility index (Phi) is 2.67. The Balaban J connectivity index is 2.43. The van der Waals surface area contributed by atoms with Crippen molar-refractivity contribution >= 4 is 0 Å². The maximum atomic E-state index is 5.23. The first-order valence-electron chi connectivity index (χ1n) is 3.31. The van der Waals surface area contributed by atoms with E-state index in [2.05, 4.69) is 16.9 Å². The standard InChI is InChI=1S/C7H10N2O/c1-2-3-10-7-4-8-6-9-5-7/h4-6H,2-3H2,1H3. The summed E-state index contributed by atoms with van der Waals surface area (Å²) in [7, 11) is 0. The fourth-order valence-corrected chi connectivity index (χ4v) is 0.580. The second kappa shape index (κ2) is 3.82. The average molecular weight is 138 g/mol. The summed E-state index contributed by atoms with van der Waals surface area (Å²) in [6.45, 7) is 2.79. The molecule has 54 valence electrons. The van der Waals surface area contributed by atoms with E-state index in [4.69, 9.17) is 4.74 Å². The van der Waals surface area contributed by atoms with Gasteiger partial charge >= 0.3 is 0 Å². The van der Waals surface area contributed by atoms with Gasteiger partial charge in [0.05, 0.1) is 19.0 Å². The third kappa shape index (κ3) is 2.01. The van der Waals surface area contributed by atoms with Gasteiger partial charge in [-0.15, -0.1) is 0 Å². The van der Waals surface area contributed by atoms with Crippen molar-refractivity contribution in [2.24, 2.45) is 0 Å². The van der Waals surface area contributed by atoms with Crippen molar-refractivity contribution in [2.75, 3.05) is 6.61 Å².